The molecule has 6 heteroatoms. The summed E-state index contributed by atoms with van der Waals surface area (Å²) in [6.45, 7) is 0. The van der Waals surface area contributed by atoms with E-state index in [0.717, 1.165) is 5.56 Å². The van der Waals surface area contributed by atoms with Crippen molar-refractivity contribution in [2.24, 2.45) is 0 Å². The van der Waals surface area contributed by atoms with Gasteiger partial charge >= 0.3 is 52.4 Å². The molecule has 6 rings (SSSR count). The molecule has 0 spiro atoms. The van der Waals surface area contributed by atoms with Crippen molar-refractivity contribution in [1.82, 2.24) is 0 Å². The predicted molar refractivity (Wildman–Crippen MR) is 154 cm³/mol. The van der Waals surface area contributed by atoms with Crippen LogP contribution in [-0.4, -0.2) is 52.4 Å². The summed E-state index contributed by atoms with van der Waals surface area (Å²) in [6, 6.07) is 59.0. The van der Waals surface area contributed by atoms with E-state index in [4.69, 9.17) is 0 Å². The summed E-state index contributed by atoms with van der Waals surface area (Å²) in [7, 11) is 0. The fraction of sp³-hybridized carbons (Fsp3) is 0. The third-order valence-corrected chi connectivity index (χ3v) is 3.92. The van der Waals surface area contributed by atoms with Crippen molar-refractivity contribution in [3.05, 3.63) is 199 Å². The molecule has 0 fully saturated rings. The Kier molecular flexibility index (Phi) is 42.1. The molecular weight excluding hydrogens is 902 g/mol. The van der Waals surface area contributed by atoms with Crippen LogP contribution in [-0.2, 0) is 0 Å². The Balaban J connectivity index is -0.000000125. The minimum atomic E-state index is 0. The average molecular weight is 929 g/mol. The van der Waals surface area contributed by atoms with Crippen molar-refractivity contribution >= 4 is 58.5 Å². The first-order valence-electron chi connectivity index (χ1n) is 10.9. The molecule has 0 saturated heterocycles. The van der Waals surface area contributed by atoms with Crippen LogP contribution in [0.15, 0.2) is 152 Å². The maximum absolute atomic E-state index is 3.10. The number of benzene rings is 5. The molecule has 0 N–H and O–H groups in total. The molecule has 5 aromatic rings. The summed E-state index contributed by atoms with van der Waals surface area (Å²) < 4.78 is 0. The fourth-order valence-corrected chi connectivity index (χ4v) is 2.36. The largest absolute Gasteiger partial charge is 2.00 e. The third kappa shape index (κ3) is 26.6. The van der Waals surface area contributed by atoms with Gasteiger partial charge in [-0.05, 0) is 42.0 Å². The summed E-state index contributed by atoms with van der Waals surface area (Å²) >= 11 is 0. The van der Waals surface area contributed by atoms with Crippen molar-refractivity contribution in [2.45, 2.75) is 0 Å². The van der Waals surface area contributed by atoms with Gasteiger partial charge in [-0.25, -0.2) is 0 Å². The van der Waals surface area contributed by atoms with Crippen LogP contribution in [0.25, 0.3) is 6.08 Å². The topological polar surface area (TPSA) is 0 Å². The van der Waals surface area contributed by atoms with Crippen LogP contribution in [0.3, 0.4) is 0 Å². The second kappa shape index (κ2) is 36.0. The predicted octanol–water partition coefficient (Wildman–Crippen LogP) is -4.58. The van der Waals surface area contributed by atoms with E-state index in [-0.39, 0.29) is 71.2 Å². The van der Waals surface area contributed by atoms with Crippen molar-refractivity contribution in [3.63, 3.8) is 0 Å². The first-order chi connectivity index (χ1) is 17.0. The van der Waals surface area contributed by atoms with Crippen LogP contribution in [0.4, 0.5) is 0 Å². The molecule has 0 unspecified atom stereocenters. The zero-order valence-corrected chi connectivity index (χ0v) is 28.4. The van der Waals surface area contributed by atoms with Crippen LogP contribution >= 0.6 is 0 Å². The Hall–Kier alpha value is -3.02. The van der Waals surface area contributed by atoms with E-state index in [2.05, 4.69) is 48.6 Å². The SMILES string of the molecule is [Bi+2].[Bi+2].[C+]1=CC=Cc2ccc[c-]c21.[F-].[F-].[F-].[F-].[c]1ccccc1.[c]1ccccc1.[c]1ccccc1.[c]1ccccc1. The second-order valence-corrected chi connectivity index (χ2v) is 6.48. The fourth-order valence-electron chi connectivity index (χ4n) is 2.36. The van der Waals surface area contributed by atoms with E-state index in [0.29, 0.717) is 0 Å². The van der Waals surface area contributed by atoms with Gasteiger partial charge in [-0.2, -0.15) is 0 Å². The van der Waals surface area contributed by atoms with Gasteiger partial charge < -0.3 is 18.8 Å². The molecule has 0 nitrogen and oxygen atoms in total. The zero-order chi connectivity index (χ0) is 23.8. The summed E-state index contributed by atoms with van der Waals surface area (Å²) in [5, 5.41) is 0. The van der Waals surface area contributed by atoms with E-state index in [1.165, 1.54) is 5.56 Å². The molecule has 0 aliphatic heterocycles. The molecule has 1 aliphatic rings. The van der Waals surface area contributed by atoms with Gasteiger partial charge in [-0.15, -0.1) is 6.08 Å². The van der Waals surface area contributed by atoms with Crippen LogP contribution < -0.4 is 18.8 Å². The van der Waals surface area contributed by atoms with Crippen LogP contribution in [0.5, 0.6) is 0 Å². The quantitative estimate of drug-likeness (QED) is 0.0836. The second-order valence-electron chi connectivity index (χ2n) is 6.48. The summed E-state index contributed by atoms with van der Waals surface area (Å²) in [5.74, 6) is 0. The summed E-state index contributed by atoms with van der Waals surface area (Å²) in [6.07, 6.45) is 9.04. The molecule has 40 heavy (non-hydrogen) atoms. The van der Waals surface area contributed by atoms with E-state index >= 15 is 0 Å². The Morgan fingerprint density at radius 3 is 1.07 bits per heavy atom. The average Bonchev–Trinajstić information content (AvgIpc) is 2.98. The minimum absolute atomic E-state index is 0. The van der Waals surface area contributed by atoms with Gasteiger partial charge in [0.25, 0.3) is 0 Å². The first-order valence-corrected chi connectivity index (χ1v) is 10.9. The molecule has 200 valence electrons. The number of allylic oxidation sites excluding steroid dienone is 2. The van der Waals surface area contributed by atoms with Gasteiger partial charge in [0.05, 0.1) is 0 Å². The molecule has 5 aromatic carbocycles. The van der Waals surface area contributed by atoms with Crippen molar-refractivity contribution in [3.8, 4) is 0 Å². The molecule has 0 amide bonds. The van der Waals surface area contributed by atoms with Crippen molar-refractivity contribution in [1.29, 1.82) is 0 Å². The Bertz CT molecular complexity index is 880. The third-order valence-electron chi connectivity index (χ3n) is 3.92. The Morgan fingerprint density at radius 2 is 0.825 bits per heavy atom. The van der Waals surface area contributed by atoms with Gasteiger partial charge in [0, 0.05) is 5.56 Å². The molecule has 1 aliphatic carbocycles. The smallest absolute Gasteiger partial charge is 1.00 e. The summed E-state index contributed by atoms with van der Waals surface area (Å²) in [4.78, 5) is 0. The minimum Gasteiger partial charge on any atom is -1.00 e. The van der Waals surface area contributed by atoms with Crippen LogP contribution in [0, 0.1) is 36.4 Å². The number of fused-ring (bicyclic) bond motifs is 1. The monoisotopic (exact) mass is 928 g/mol. The van der Waals surface area contributed by atoms with E-state index in [1.54, 1.807) is 0 Å². The zero-order valence-electron chi connectivity index (χ0n) is 21.4. The number of rotatable bonds is 0. The molecule has 0 aromatic heterocycles. The molecule has 0 heterocycles. The van der Waals surface area contributed by atoms with Gasteiger partial charge in [-0.3, -0.25) is 0 Å². The molecule has 0 bridgehead atoms. The molecular formula is C34H26Bi2F4. The molecule has 0 saturated carbocycles. The van der Waals surface area contributed by atoms with Gasteiger partial charge in [0.15, 0.2) is 0 Å². The molecule has 10 radical (unpaired) electrons. The van der Waals surface area contributed by atoms with Crippen LogP contribution in [0.1, 0.15) is 11.1 Å². The first kappa shape index (κ1) is 46.8. The van der Waals surface area contributed by atoms with Gasteiger partial charge in [-0.1, -0.05) is 152 Å². The standard InChI is InChI=1S/C10H6.4C6H5.2Bi.4FH/c1-2-6-10-8-4-3-7-9(10)5-1;4*1-2-4-6-5-3-1;;;;;;/h1-5,7H;4*1-5H;;;4*1H/q;;;;;2*+2;;;;/p-4. The van der Waals surface area contributed by atoms with Crippen molar-refractivity contribution < 1.29 is 18.8 Å². The van der Waals surface area contributed by atoms with Gasteiger partial charge in [0.2, 0.25) is 0 Å². The van der Waals surface area contributed by atoms with Gasteiger partial charge in [0.1, 0.15) is 0 Å². The Morgan fingerprint density at radius 1 is 0.475 bits per heavy atom. The number of hydrogen-bond acceptors (Lipinski definition) is 0. The maximum Gasteiger partial charge on any atom is 2.00 e. The van der Waals surface area contributed by atoms with E-state index in [1.807, 2.05) is 146 Å². The van der Waals surface area contributed by atoms with E-state index < -0.39 is 0 Å². The van der Waals surface area contributed by atoms with Crippen LogP contribution in [0.2, 0.25) is 0 Å². The van der Waals surface area contributed by atoms with Crippen molar-refractivity contribution in [2.75, 3.05) is 0 Å². The number of hydrogen-bond donors (Lipinski definition) is 0. The number of halogens is 4. The van der Waals surface area contributed by atoms with E-state index in [9.17, 15) is 0 Å². The summed E-state index contributed by atoms with van der Waals surface area (Å²) in [5.41, 5.74) is 2.26. The Labute approximate surface area is 274 Å². The molecule has 0 atom stereocenters. The maximum atomic E-state index is 3.10. The normalized spacial score (nSPS) is 7.90.